The van der Waals surface area contributed by atoms with E-state index in [4.69, 9.17) is 0 Å². The van der Waals surface area contributed by atoms with Crippen LogP contribution in [-0.4, -0.2) is 14.5 Å². The number of hydrogen-bond acceptors (Lipinski definition) is 1. The highest BCUT2D eigenvalue weighted by Crippen LogP contribution is 1.79. The molecular formula is C4H13BClN. The molecule has 0 aromatic heterocycles. The van der Waals surface area contributed by atoms with Gasteiger partial charge in [0, 0.05) is 0 Å². The molecule has 0 aromatic rings. The first-order chi connectivity index (χ1) is 2.91. The van der Waals surface area contributed by atoms with Crippen molar-refractivity contribution in [3.8, 4) is 0 Å². The first-order valence-corrected chi connectivity index (χ1v) is 2.56. The van der Waals surface area contributed by atoms with Crippen molar-refractivity contribution in [2.75, 3.05) is 6.54 Å². The minimum absolute atomic E-state index is 0. The van der Waals surface area contributed by atoms with Crippen LogP contribution in [0.3, 0.4) is 0 Å². The van der Waals surface area contributed by atoms with Gasteiger partial charge in [0.15, 0.2) is 7.98 Å². The van der Waals surface area contributed by atoms with Gasteiger partial charge in [-0.05, 0) is 13.0 Å². The zero-order chi connectivity index (χ0) is 4.83. The highest BCUT2D eigenvalue weighted by molar-refractivity contribution is 6.04. The summed E-state index contributed by atoms with van der Waals surface area (Å²) in [5.41, 5.74) is 0. The molecule has 0 aliphatic heterocycles. The fraction of sp³-hybridized carbons (Fsp3) is 1.00. The number of rotatable bonds is 3. The molecule has 1 N–H and O–H groups in total. The van der Waals surface area contributed by atoms with E-state index >= 15 is 0 Å². The summed E-state index contributed by atoms with van der Waals surface area (Å²) in [5, 5.41) is 3.07. The summed E-state index contributed by atoms with van der Waals surface area (Å²) in [4.78, 5) is 0. The van der Waals surface area contributed by atoms with Crippen LogP contribution in [0, 0.1) is 0 Å². The number of hydrogen-bond donors (Lipinski definition) is 1. The Kier molecular flexibility index (Phi) is 14.1. The molecule has 0 unspecified atom stereocenters. The summed E-state index contributed by atoms with van der Waals surface area (Å²) in [6.45, 7) is 3.36. The van der Waals surface area contributed by atoms with Gasteiger partial charge in [0.2, 0.25) is 0 Å². The summed E-state index contributed by atoms with van der Waals surface area (Å²) in [7, 11) is 1.98. The summed E-state index contributed by atoms with van der Waals surface area (Å²) in [5.74, 6) is 0. The van der Waals surface area contributed by atoms with Gasteiger partial charge in [-0.15, -0.1) is 12.4 Å². The zero-order valence-electron chi connectivity index (χ0n) is 5.03. The summed E-state index contributed by atoms with van der Waals surface area (Å²) in [6, 6.07) is 0. The molecule has 0 atom stereocenters. The molecular weight excluding hydrogens is 108 g/mol. The predicted octanol–water partition coefficient (Wildman–Crippen LogP) is 0.346. The van der Waals surface area contributed by atoms with Crippen LogP contribution in [-0.2, 0) is 0 Å². The SMILES string of the molecule is BNCCCC.Cl. The Morgan fingerprint density at radius 3 is 2.29 bits per heavy atom. The maximum absolute atomic E-state index is 3.07. The fourth-order valence-electron chi connectivity index (χ4n) is 0.354. The van der Waals surface area contributed by atoms with E-state index in [1.807, 2.05) is 7.98 Å². The van der Waals surface area contributed by atoms with Crippen LogP contribution < -0.4 is 5.23 Å². The second-order valence-corrected chi connectivity index (χ2v) is 1.46. The maximum atomic E-state index is 3.07. The van der Waals surface area contributed by atoms with Crippen molar-refractivity contribution in [3.63, 3.8) is 0 Å². The minimum atomic E-state index is 0. The highest BCUT2D eigenvalue weighted by atomic mass is 35.5. The average Bonchev–Trinajstić information content (AvgIpc) is 1.61. The Hall–Kier alpha value is 0.315. The van der Waals surface area contributed by atoms with E-state index in [0.717, 1.165) is 6.54 Å². The number of unbranched alkanes of at least 4 members (excludes halogenated alkanes) is 1. The summed E-state index contributed by atoms with van der Waals surface area (Å²) >= 11 is 0. The van der Waals surface area contributed by atoms with Crippen LogP contribution in [0.25, 0.3) is 0 Å². The van der Waals surface area contributed by atoms with E-state index < -0.39 is 0 Å². The summed E-state index contributed by atoms with van der Waals surface area (Å²) in [6.07, 6.45) is 2.59. The van der Waals surface area contributed by atoms with Gasteiger partial charge in [0.05, 0.1) is 0 Å². The van der Waals surface area contributed by atoms with Crippen LogP contribution in [0.2, 0.25) is 0 Å². The van der Waals surface area contributed by atoms with Gasteiger partial charge >= 0.3 is 0 Å². The summed E-state index contributed by atoms with van der Waals surface area (Å²) < 4.78 is 0. The molecule has 0 saturated carbocycles. The molecule has 0 aliphatic carbocycles. The standard InChI is InChI=1S/C4H12BN.ClH/c1-2-3-4-6-5;/h6H,2-5H2,1H3;1H. The molecule has 7 heavy (non-hydrogen) atoms. The molecule has 0 bridgehead atoms. The van der Waals surface area contributed by atoms with Crippen LogP contribution in [0.1, 0.15) is 19.8 Å². The van der Waals surface area contributed by atoms with Gasteiger partial charge in [-0.1, -0.05) is 13.3 Å². The van der Waals surface area contributed by atoms with Gasteiger partial charge in [-0.25, -0.2) is 0 Å². The third-order valence-corrected chi connectivity index (χ3v) is 0.780. The molecule has 0 heterocycles. The quantitative estimate of drug-likeness (QED) is 0.420. The third kappa shape index (κ3) is 10.7. The lowest BCUT2D eigenvalue weighted by molar-refractivity contribution is 0.771. The normalized spacial score (nSPS) is 7.57. The lowest BCUT2D eigenvalue weighted by atomic mass is 10.3. The van der Waals surface area contributed by atoms with Crippen LogP contribution >= 0.6 is 12.4 Å². The Balaban J connectivity index is 0. The molecule has 0 radical (unpaired) electrons. The van der Waals surface area contributed by atoms with Gasteiger partial charge in [-0.2, -0.15) is 0 Å². The van der Waals surface area contributed by atoms with Crippen molar-refractivity contribution in [2.45, 2.75) is 19.8 Å². The third-order valence-electron chi connectivity index (χ3n) is 0.780. The molecule has 0 spiro atoms. The maximum Gasteiger partial charge on any atom is 0.181 e. The highest BCUT2D eigenvalue weighted by Gasteiger charge is 1.73. The Morgan fingerprint density at radius 1 is 1.57 bits per heavy atom. The molecule has 0 fully saturated rings. The Morgan fingerprint density at radius 2 is 2.14 bits per heavy atom. The van der Waals surface area contributed by atoms with Crippen molar-refractivity contribution in [1.29, 1.82) is 0 Å². The van der Waals surface area contributed by atoms with E-state index in [9.17, 15) is 0 Å². The van der Waals surface area contributed by atoms with E-state index in [0.29, 0.717) is 0 Å². The molecule has 1 nitrogen and oxygen atoms in total. The van der Waals surface area contributed by atoms with Crippen molar-refractivity contribution >= 4 is 20.4 Å². The van der Waals surface area contributed by atoms with Crippen molar-refractivity contribution in [2.24, 2.45) is 0 Å². The molecule has 0 aliphatic rings. The lowest BCUT2D eigenvalue weighted by Gasteiger charge is -1.89. The Labute approximate surface area is 52.7 Å². The van der Waals surface area contributed by atoms with Crippen LogP contribution in [0.15, 0.2) is 0 Å². The first kappa shape index (κ1) is 10.3. The van der Waals surface area contributed by atoms with E-state index in [2.05, 4.69) is 12.2 Å². The molecule has 0 aromatic carbocycles. The molecule has 0 amide bonds. The second kappa shape index (κ2) is 9.58. The largest absolute Gasteiger partial charge is 0.362 e. The topological polar surface area (TPSA) is 12.0 Å². The second-order valence-electron chi connectivity index (χ2n) is 1.46. The molecule has 44 valence electrons. The Bertz CT molecular complexity index is 23.7. The fourth-order valence-corrected chi connectivity index (χ4v) is 0.354. The van der Waals surface area contributed by atoms with Crippen molar-refractivity contribution in [3.05, 3.63) is 0 Å². The van der Waals surface area contributed by atoms with Gasteiger partial charge < -0.3 is 5.23 Å². The minimum Gasteiger partial charge on any atom is -0.362 e. The van der Waals surface area contributed by atoms with E-state index in [1.54, 1.807) is 0 Å². The average molecular weight is 121 g/mol. The lowest BCUT2D eigenvalue weighted by Crippen LogP contribution is -2.08. The predicted molar refractivity (Wildman–Crippen MR) is 38.7 cm³/mol. The van der Waals surface area contributed by atoms with Crippen molar-refractivity contribution in [1.82, 2.24) is 5.23 Å². The van der Waals surface area contributed by atoms with Crippen molar-refractivity contribution < 1.29 is 0 Å². The number of halogens is 1. The number of nitrogens with one attached hydrogen (secondary N) is 1. The van der Waals surface area contributed by atoms with Gasteiger partial charge in [-0.3, -0.25) is 0 Å². The van der Waals surface area contributed by atoms with Crippen LogP contribution in [0.4, 0.5) is 0 Å². The smallest absolute Gasteiger partial charge is 0.181 e. The van der Waals surface area contributed by atoms with E-state index in [1.165, 1.54) is 12.8 Å². The van der Waals surface area contributed by atoms with Gasteiger partial charge in [0.1, 0.15) is 0 Å². The monoisotopic (exact) mass is 121 g/mol. The first-order valence-electron chi connectivity index (χ1n) is 2.56. The van der Waals surface area contributed by atoms with E-state index in [-0.39, 0.29) is 12.4 Å². The molecule has 0 rings (SSSR count). The van der Waals surface area contributed by atoms with Crippen LogP contribution in [0.5, 0.6) is 0 Å². The molecule has 3 heteroatoms. The van der Waals surface area contributed by atoms with Gasteiger partial charge in [0.25, 0.3) is 0 Å². The molecule has 0 saturated heterocycles. The zero-order valence-corrected chi connectivity index (χ0v) is 5.85.